The molecule has 1 aromatic carbocycles. The topological polar surface area (TPSA) is 12.5 Å². The second-order valence-electron chi connectivity index (χ2n) is 3.71. The van der Waals surface area contributed by atoms with Crippen LogP contribution in [0.15, 0.2) is 16.6 Å². The van der Waals surface area contributed by atoms with Gasteiger partial charge in [0.05, 0.1) is 11.6 Å². The second kappa shape index (κ2) is 3.91. The smallest absolute Gasteiger partial charge is 0.137 e. The maximum absolute atomic E-state index is 5.42. The van der Waals surface area contributed by atoms with Crippen molar-refractivity contribution in [1.29, 1.82) is 0 Å². The Labute approximate surface area is 93.0 Å². The molecule has 0 aromatic heterocycles. The minimum absolute atomic E-state index is 0.984. The summed E-state index contributed by atoms with van der Waals surface area (Å²) in [6.45, 7) is 2.12. The van der Waals surface area contributed by atoms with E-state index in [1.165, 1.54) is 11.1 Å². The molecule has 1 heterocycles. The summed E-state index contributed by atoms with van der Waals surface area (Å²) in [5, 5.41) is 0. The number of methoxy groups -OCH3 is 1. The van der Waals surface area contributed by atoms with Crippen LogP contribution in [0.4, 0.5) is 0 Å². The number of hydrogen-bond acceptors (Lipinski definition) is 2. The Morgan fingerprint density at radius 1 is 1.43 bits per heavy atom. The molecule has 2 rings (SSSR count). The molecule has 0 fully saturated rings. The highest BCUT2D eigenvalue weighted by molar-refractivity contribution is 9.10. The van der Waals surface area contributed by atoms with Gasteiger partial charge in [0.2, 0.25) is 0 Å². The zero-order valence-corrected chi connectivity index (χ0v) is 10.1. The first-order valence-corrected chi connectivity index (χ1v) is 5.54. The number of nitrogens with zero attached hydrogens (tertiary/aromatic N) is 1. The highest BCUT2D eigenvalue weighted by atomic mass is 79.9. The summed E-state index contributed by atoms with van der Waals surface area (Å²) in [7, 11) is 3.87. The monoisotopic (exact) mass is 255 g/mol. The summed E-state index contributed by atoms with van der Waals surface area (Å²) in [6.07, 6.45) is 1.12. The minimum Gasteiger partial charge on any atom is -0.495 e. The van der Waals surface area contributed by atoms with Gasteiger partial charge in [0.15, 0.2) is 0 Å². The number of likely N-dealkylation sites (N-methyl/N-ethyl adjacent to an activating group) is 1. The zero-order chi connectivity index (χ0) is 10.1. The predicted molar refractivity (Wildman–Crippen MR) is 60.7 cm³/mol. The average Bonchev–Trinajstić information content (AvgIpc) is 2.17. The van der Waals surface area contributed by atoms with E-state index in [2.05, 4.69) is 40.0 Å². The van der Waals surface area contributed by atoms with E-state index in [-0.39, 0.29) is 0 Å². The minimum atomic E-state index is 0.984. The normalized spacial score (nSPS) is 16.5. The molecule has 0 saturated carbocycles. The van der Waals surface area contributed by atoms with Crippen LogP contribution >= 0.6 is 15.9 Å². The average molecular weight is 256 g/mol. The van der Waals surface area contributed by atoms with Gasteiger partial charge in [-0.1, -0.05) is 6.07 Å². The molecule has 0 unspecified atom stereocenters. The molecular formula is C11H14BrNO. The lowest BCUT2D eigenvalue weighted by molar-refractivity contribution is 0.301. The van der Waals surface area contributed by atoms with Crippen molar-refractivity contribution in [2.45, 2.75) is 13.0 Å². The molecule has 0 saturated heterocycles. The molecular weight excluding hydrogens is 242 g/mol. The summed E-state index contributed by atoms with van der Waals surface area (Å²) in [5.41, 5.74) is 2.75. The molecule has 2 nitrogen and oxygen atoms in total. The first-order valence-electron chi connectivity index (χ1n) is 4.75. The first kappa shape index (κ1) is 9.99. The van der Waals surface area contributed by atoms with Gasteiger partial charge in [-0.25, -0.2) is 0 Å². The third-order valence-corrected chi connectivity index (χ3v) is 3.33. The fourth-order valence-electron chi connectivity index (χ4n) is 1.93. The van der Waals surface area contributed by atoms with Crippen molar-refractivity contribution < 1.29 is 4.74 Å². The van der Waals surface area contributed by atoms with E-state index in [1.807, 2.05) is 0 Å². The van der Waals surface area contributed by atoms with Crippen LogP contribution < -0.4 is 4.74 Å². The fourth-order valence-corrected chi connectivity index (χ4v) is 2.46. The summed E-state index contributed by atoms with van der Waals surface area (Å²) in [6, 6.07) is 4.26. The van der Waals surface area contributed by atoms with E-state index in [9.17, 15) is 0 Å². The van der Waals surface area contributed by atoms with Gasteiger partial charge in [-0.05, 0) is 41.0 Å². The van der Waals surface area contributed by atoms with Crippen molar-refractivity contribution in [1.82, 2.24) is 4.90 Å². The van der Waals surface area contributed by atoms with Crippen LogP contribution in [0.2, 0.25) is 0 Å². The highest BCUT2D eigenvalue weighted by Crippen LogP contribution is 2.34. The van der Waals surface area contributed by atoms with Gasteiger partial charge in [0, 0.05) is 18.7 Å². The lowest BCUT2D eigenvalue weighted by Crippen LogP contribution is -2.26. The van der Waals surface area contributed by atoms with Gasteiger partial charge in [0.1, 0.15) is 5.75 Å². The Morgan fingerprint density at radius 2 is 2.21 bits per heavy atom. The van der Waals surface area contributed by atoms with Gasteiger partial charge in [-0.3, -0.25) is 0 Å². The molecule has 0 N–H and O–H groups in total. The van der Waals surface area contributed by atoms with Crippen molar-refractivity contribution in [3.05, 3.63) is 27.7 Å². The van der Waals surface area contributed by atoms with Crippen LogP contribution in [-0.2, 0) is 13.0 Å². The third-order valence-electron chi connectivity index (χ3n) is 2.70. The van der Waals surface area contributed by atoms with Crippen LogP contribution in [-0.4, -0.2) is 25.6 Å². The van der Waals surface area contributed by atoms with Gasteiger partial charge >= 0.3 is 0 Å². The molecule has 1 aliphatic heterocycles. The highest BCUT2D eigenvalue weighted by Gasteiger charge is 2.18. The molecule has 0 spiro atoms. The number of rotatable bonds is 1. The maximum Gasteiger partial charge on any atom is 0.137 e. The van der Waals surface area contributed by atoms with Gasteiger partial charge in [0.25, 0.3) is 0 Å². The van der Waals surface area contributed by atoms with E-state index < -0.39 is 0 Å². The largest absolute Gasteiger partial charge is 0.495 e. The van der Waals surface area contributed by atoms with E-state index in [1.54, 1.807) is 7.11 Å². The van der Waals surface area contributed by atoms with Crippen molar-refractivity contribution in [3.63, 3.8) is 0 Å². The number of benzene rings is 1. The molecule has 76 valence electrons. The quantitative estimate of drug-likeness (QED) is 0.765. The lowest BCUT2D eigenvalue weighted by Gasteiger charge is -2.26. The zero-order valence-electron chi connectivity index (χ0n) is 8.51. The number of hydrogen-bond donors (Lipinski definition) is 0. The number of ether oxygens (including phenoxy) is 1. The molecule has 3 heteroatoms. The summed E-state index contributed by atoms with van der Waals surface area (Å²) >= 11 is 3.51. The summed E-state index contributed by atoms with van der Waals surface area (Å²) < 4.78 is 6.47. The van der Waals surface area contributed by atoms with Crippen LogP contribution in [0.5, 0.6) is 5.75 Å². The number of halogens is 1. The van der Waals surface area contributed by atoms with Crippen molar-refractivity contribution in [2.75, 3.05) is 20.7 Å². The predicted octanol–water partition coefficient (Wildman–Crippen LogP) is 2.45. The lowest BCUT2D eigenvalue weighted by atomic mass is 9.99. The molecule has 0 aliphatic carbocycles. The maximum atomic E-state index is 5.42. The second-order valence-corrected chi connectivity index (χ2v) is 4.56. The van der Waals surface area contributed by atoms with Crippen LogP contribution in [0.3, 0.4) is 0 Å². The van der Waals surface area contributed by atoms with Crippen LogP contribution in [0.1, 0.15) is 11.1 Å². The fraction of sp³-hybridized carbons (Fsp3) is 0.455. The molecule has 0 atom stereocenters. The SMILES string of the molecule is COc1c(Br)ccc2c1CN(C)CC2. The van der Waals surface area contributed by atoms with Crippen molar-refractivity contribution in [2.24, 2.45) is 0 Å². The summed E-state index contributed by atoms with van der Waals surface area (Å²) in [4.78, 5) is 2.32. The van der Waals surface area contributed by atoms with Crippen LogP contribution in [0, 0.1) is 0 Å². The van der Waals surface area contributed by atoms with E-state index >= 15 is 0 Å². The van der Waals surface area contributed by atoms with Gasteiger partial charge in [-0.2, -0.15) is 0 Å². The molecule has 1 aromatic rings. The first-order chi connectivity index (χ1) is 6.72. The van der Waals surface area contributed by atoms with Gasteiger partial charge in [-0.15, -0.1) is 0 Å². The summed E-state index contributed by atoms with van der Waals surface area (Å²) in [5.74, 6) is 0.994. The van der Waals surface area contributed by atoms with E-state index in [4.69, 9.17) is 4.74 Å². The molecule has 1 aliphatic rings. The molecule has 0 bridgehead atoms. The Balaban J connectivity index is 2.49. The van der Waals surface area contributed by atoms with E-state index in [0.29, 0.717) is 0 Å². The molecule has 14 heavy (non-hydrogen) atoms. The number of fused-ring (bicyclic) bond motifs is 1. The van der Waals surface area contributed by atoms with Crippen LogP contribution in [0.25, 0.3) is 0 Å². The molecule has 0 radical (unpaired) electrons. The third kappa shape index (κ3) is 1.66. The van der Waals surface area contributed by atoms with Gasteiger partial charge < -0.3 is 9.64 Å². The van der Waals surface area contributed by atoms with Crippen molar-refractivity contribution in [3.8, 4) is 5.75 Å². The Hall–Kier alpha value is -0.540. The van der Waals surface area contributed by atoms with E-state index in [0.717, 1.165) is 29.7 Å². The van der Waals surface area contributed by atoms with Crippen molar-refractivity contribution >= 4 is 15.9 Å². The Kier molecular flexibility index (Phi) is 2.79. The molecule has 0 amide bonds. The Bertz CT molecular complexity index is 351. The Morgan fingerprint density at radius 3 is 2.93 bits per heavy atom. The standard InChI is InChI=1S/C11H14BrNO/c1-13-6-5-8-3-4-10(12)11(14-2)9(8)7-13/h3-4H,5-7H2,1-2H3.